The van der Waals surface area contributed by atoms with Crippen LogP contribution in [-0.2, 0) is 0 Å². The van der Waals surface area contributed by atoms with Crippen LogP contribution in [0.25, 0.3) is 31.8 Å². The highest BCUT2D eigenvalue weighted by Crippen LogP contribution is 2.38. The van der Waals surface area contributed by atoms with E-state index in [1.807, 2.05) is 6.07 Å². The van der Waals surface area contributed by atoms with Gasteiger partial charge in [-0.25, -0.2) is 5.10 Å². The summed E-state index contributed by atoms with van der Waals surface area (Å²) in [6.07, 6.45) is -4.75. The van der Waals surface area contributed by atoms with E-state index in [-0.39, 0.29) is 11.4 Å². The zero-order valence-corrected chi connectivity index (χ0v) is 15.3. The average molecular weight is 421 g/mol. The lowest BCUT2D eigenvalue weighted by Crippen LogP contribution is -2.16. The quantitative estimate of drug-likeness (QED) is 0.456. The monoisotopic (exact) mass is 420 g/mol. The molecule has 0 saturated heterocycles. The van der Waals surface area contributed by atoms with E-state index in [0.717, 1.165) is 15.1 Å². The van der Waals surface area contributed by atoms with Crippen LogP contribution in [0.3, 0.4) is 0 Å². The van der Waals surface area contributed by atoms with Crippen molar-refractivity contribution in [1.82, 2.24) is 15.4 Å². The molecule has 0 aliphatic heterocycles. The number of thiophene rings is 1. The van der Waals surface area contributed by atoms with Gasteiger partial charge in [0.15, 0.2) is 5.69 Å². The van der Waals surface area contributed by atoms with E-state index in [9.17, 15) is 13.2 Å². The molecular formula is C18H8ClF3N4OS. The highest BCUT2D eigenvalue weighted by atomic mass is 35.5. The lowest BCUT2D eigenvalue weighted by Gasteiger charge is -2.08. The zero-order chi connectivity index (χ0) is 19.9. The van der Waals surface area contributed by atoms with Crippen molar-refractivity contribution in [3.8, 4) is 33.5 Å². The fourth-order valence-corrected chi connectivity index (χ4v) is 4.00. The van der Waals surface area contributed by atoms with Crippen LogP contribution in [0.15, 0.2) is 42.5 Å². The minimum absolute atomic E-state index is 0.207. The Labute approximate surface area is 164 Å². The molecule has 4 rings (SSSR count). The number of benzene rings is 2. The summed E-state index contributed by atoms with van der Waals surface area (Å²) in [5.41, 5.74) is 1.92. The maximum absolute atomic E-state index is 12.4. The SMILES string of the molecule is N#Cc1[nH]nnc1-c1cc(Cl)cc(-c2cc3cc(OC(F)(F)F)ccc3s2)c1. The molecule has 0 radical (unpaired) electrons. The van der Waals surface area contributed by atoms with Gasteiger partial charge in [-0.2, -0.15) is 5.26 Å². The van der Waals surface area contributed by atoms with Crippen LogP contribution in [-0.4, -0.2) is 21.8 Å². The number of alkyl halides is 3. The van der Waals surface area contributed by atoms with Crippen LogP contribution in [0.1, 0.15) is 5.69 Å². The third kappa shape index (κ3) is 3.65. The molecule has 0 atom stereocenters. The summed E-state index contributed by atoms with van der Waals surface area (Å²) in [6.45, 7) is 0. The molecule has 2 heterocycles. The third-order valence-corrected chi connectivity index (χ3v) is 5.22. The van der Waals surface area contributed by atoms with Gasteiger partial charge in [-0.05, 0) is 53.4 Å². The van der Waals surface area contributed by atoms with Crippen molar-refractivity contribution in [3.63, 3.8) is 0 Å². The molecule has 0 aliphatic rings. The number of nitrogens with one attached hydrogen (secondary N) is 1. The first-order chi connectivity index (χ1) is 13.3. The van der Waals surface area contributed by atoms with Crippen LogP contribution >= 0.6 is 22.9 Å². The minimum atomic E-state index is -4.75. The second-order valence-electron chi connectivity index (χ2n) is 5.73. The van der Waals surface area contributed by atoms with Crippen LogP contribution in [0.2, 0.25) is 5.02 Å². The molecule has 0 aliphatic carbocycles. The van der Waals surface area contributed by atoms with E-state index < -0.39 is 6.36 Å². The van der Waals surface area contributed by atoms with E-state index in [1.54, 1.807) is 30.3 Å². The van der Waals surface area contributed by atoms with Crippen LogP contribution in [0.5, 0.6) is 5.75 Å². The van der Waals surface area contributed by atoms with Gasteiger partial charge in [-0.1, -0.05) is 16.8 Å². The summed E-state index contributed by atoms with van der Waals surface area (Å²) in [5.74, 6) is -0.280. The lowest BCUT2D eigenvalue weighted by atomic mass is 10.1. The van der Waals surface area contributed by atoms with E-state index in [1.165, 1.54) is 23.5 Å². The molecule has 0 spiro atoms. The Morgan fingerprint density at radius 3 is 2.64 bits per heavy atom. The molecule has 1 N–H and O–H groups in total. The van der Waals surface area contributed by atoms with Crippen LogP contribution in [0.4, 0.5) is 13.2 Å². The number of nitrogens with zero attached hydrogens (tertiary/aromatic N) is 3. The van der Waals surface area contributed by atoms with Gasteiger partial charge in [-0.3, -0.25) is 0 Å². The standard InChI is InChI=1S/C18H8ClF3N4OS/c19-12-4-9(3-11(5-12)17-14(8-23)24-26-25-17)16-7-10-6-13(27-18(20,21)22)1-2-15(10)28-16/h1-7H,(H,24,25,26). The van der Waals surface area contributed by atoms with Crippen molar-refractivity contribution in [2.24, 2.45) is 0 Å². The number of H-pyrrole nitrogens is 1. The molecular weight excluding hydrogens is 413 g/mol. The van der Waals surface area contributed by atoms with Crippen molar-refractivity contribution in [1.29, 1.82) is 5.26 Å². The first kappa shape index (κ1) is 18.3. The predicted octanol–water partition coefficient (Wildman–Crippen LogP) is 5.78. The summed E-state index contributed by atoms with van der Waals surface area (Å²) in [5, 5.41) is 20.2. The Hall–Kier alpha value is -3.09. The van der Waals surface area contributed by atoms with Gasteiger partial charge in [0.25, 0.3) is 0 Å². The molecule has 0 amide bonds. The van der Waals surface area contributed by atoms with Crippen molar-refractivity contribution in [2.45, 2.75) is 6.36 Å². The van der Waals surface area contributed by atoms with Crippen molar-refractivity contribution < 1.29 is 17.9 Å². The Morgan fingerprint density at radius 1 is 1.11 bits per heavy atom. The molecule has 4 aromatic rings. The third-order valence-electron chi connectivity index (χ3n) is 3.84. The summed E-state index contributed by atoms with van der Waals surface area (Å²) in [4.78, 5) is 0.796. The Bertz CT molecular complexity index is 1230. The Morgan fingerprint density at radius 2 is 1.89 bits per heavy atom. The van der Waals surface area contributed by atoms with E-state index in [0.29, 0.717) is 21.7 Å². The number of aromatic amines is 1. The van der Waals surface area contributed by atoms with E-state index in [2.05, 4.69) is 20.1 Å². The first-order valence-electron chi connectivity index (χ1n) is 7.74. The molecule has 140 valence electrons. The smallest absolute Gasteiger partial charge is 0.406 e. The number of halogens is 4. The normalized spacial score (nSPS) is 11.5. The first-order valence-corrected chi connectivity index (χ1v) is 8.94. The number of hydrogen-bond acceptors (Lipinski definition) is 5. The molecule has 0 unspecified atom stereocenters. The molecule has 28 heavy (non-hydrogen) atoms. The average Bonchev–Trinajstić information content (AvgIpc) is 3.26. The second kappa shape index (κ2) is 6.82. The summed E-state index contributed by atoms with van der Waals surface area (Å²) in [6, 6.07) is 13.1. The number of aromatic nitrogens is 3. The number of nitriles is 1. The fraction of sp³-hybridized carbons (Fsp3) is 0.0556. The Kier molecular flexibility index (Phi) is 4.45. The lowest BCUT2D eigenvalue weighted by molar-refractivity contribution is -0.274. The number of fused-ring (bicyclic) bond motifs is 1. The van der Waals surface area contributed by atoms with Gasteiger partial charge in [0, 0.05) is 20.2 Å². The highest BCUT2D eigenvalue weighted by molar-refractivity contribution is 7.22. The topological polar surface area (TPSA) is 74.6 Å². The van der Waals surface area contributed by atoms with Crippen molar-refractivity contribution >= 4 is 33.0 Å². The molecule has 10 heteroatoms. The largest absolute Gasteiger partial charge is 0.573 e. The maximum Gasteiger partial charge on any atom is 0.573 e. The highest BCUT2D eigenvalue weighted by Gasteiger charge is 2.31. The zero-order valence-electron chi connectivity index (χ0n) is 13.7. The fourth-order valence-electron chi connectivity index (χ4n) is 2.74. The molecule has 0 saturated carbocycles. The molecule has 0 fully saturated rings. The van der Waals surface area contributed by atoms with E-state index >= 15 is 0 Å². The van der Waals surface area contributed by atoms with E-state index in [4.69, 9.17) is 16.9 Å². The van der Waals surface area contributed by atoms with Gasteiger partial charge >= 0.3 is 6.36 Å². The molecule has 5 nitrogen and oxygen atoms in total. The number of rotatable bonds is 3. The Balaban J connectivity index is 1.77. The molecule has 2 aromatic carbocycles. The van der Waals surface area contributed by atoms with Gasteiger partial charge in [0.05, 0.1) is 0 Å². The molecule has 0 bridgehead atoms. The van der Waals surface area contributed by atoms with Crippen LogP contribution in [0, 0.1) is 11.3 Å². The number of hydrogen-bond donors (Lipinski definition) is 1. The van der Waals surface area contributed by atoms with Gasteiger partial charge < -0.3 is 4.74 Å². The van der Waals surface area contributed by atoms with Crippen LogP contribution < -0.4 is 4.74 Å². The summed E-state index contributed by atoms with van der Waals surface area (Å²) >= 11 is 7.62. The minimum Gasteiger partial charge on any atom is -0.406 e. The van der Waals surface area contributed by atoms with Crippen molar-refractivity contribution in [3.05, 3.63) is 53.2 Å². The summed E-state index contributed by atoms with van der Waals surface area (Å²) in [7, 11) is 0. The van der Waals surface area contributed by atoms with Gasteiger partial charge in [-0.15, -0.1) is 29.6 Å². The predicted molar refractivity (Wildman–Crippen MR) is 99.0 cm³/mol. The second-order valence-corrected chi connectivity index (χ2v) is 7.25. The molecule has 2 aromatic heterocycles. The van der Waals surface area contributed by atoms with Crippen molar-refractivity contribution in [2.75, 3.05) is 0 Å². The maximum atomic E-state index is 12.4. The van der Waals surface area contributed by atoms with Gasteiger partial charge in [0.2, 0.25) is 0 Å². The van der Waals surface area contributed by atoms with Gasteiger partial charge in [0.1, 0.15) is 17.5 Å². The summed E-state index contributed by atoms with van der Waals surface area (Å²) < 4.78 is 42.0. The number of ether oxygens (including phenoxy) is 1.